The highest BCUT2D eigenvalue weighted by atomic mass is 16.5. The lowest BCUT2D eigenvalue weighted by Gasteiger charge is -2.33. The normalized spacial score (nSPS) is 19.1. The summed E-state index contributed by atoms with van der Waals surface area (Å²) in [5, 5.41) is 0. The third-order valence-electron chi connectivity index (χ3n) is 2.89. The second kappa shape index (κ2) is 6.56. The van der Waals surface area contributed by atoms with Crippen molar-refractivity contribution in [3.05, 3.63) is 0 Å². The standard InChI is InChI=1S/C11H21N3O3/c1-2-17-8-3-5-14(6-4-8)11(16)9(12)7-10(13)15/h8-9H,2-7,12H2,1H3,(H2,13,15). The molecule has 6 nitrogen and oxygen atoms in total. The number of hydrogen-bond acceptors (Lipinski definition) is 4. The van der Waals surface area contributed by atoms with Crippen molar-refractivity contribution in [3.8, 4) is 0 Å². The van der Waals surface area contributed by atoms with Crippen LogP contribution in [-0.2, 0) is 14.3 Å². The van der Waals surface area contributed by atoms with E-state index in [0.29, 0.717) is 19.7 Å². The summed E-state index contributed by atoms with van der Waals surface area (Å²) in [6.45, 7) is 3.92. The van der Waals surface area contributed by atoms with E-state index in [1.807, 2.05) is 6.92 Å². The molecule has 2 amide bonds. The molecule has 0 aromatic carbocycles. The van der Waals surface area contributed by atoms with Crippen LogP contribution in [0.2, 0.25) is 0 Å². The molecule has 1 heterocycles. The molecule has 0 radical (unpaired) electrons. The van der Waals surface area contributed by atoms with E-state index in [4.69, 9.17) is 16.2 Å². The monoisotopic (exact) mass is 243 g/mol. The summed E-state index contributed by atoms with van der Waals surface area (Å²) >= 11 is 0. The van der Waals surface area contributed by atoms with Gasteiger partial charge in [0.15, 0.2) is 0 Å². The molecular weight excluding hydrogens is 222 g/mol. The van der Waals surface area contributed by atoms with Crippen molar-refractivity contribution in [2.75, 3.05) is 19.7 Å². The largest absolute Gasteiger partial charge is 0.378 e. The first-order chi connectivity index (χ1) is 8.04. The Labute approximate surface area is 101 Å². The molecule has 4 N–H and O–H groups in total. The minimum atomic E-state index is -0.809. The molecule has 1 unspecified atom stereocenters. The van der Waals surface area contributed by atoms with Crippen LogP contribution >= 0.6 is 0 Å². The molecule has 98 valence electrons. The fourth-order valence-corrected chi connectivity index (χ4v) is 2.02. The average Bonchev–Trinajstić information content (AvgIpc) is 2.28. The summed E-state index contributed by atoms with van der Waals surface area (Å²) in [7, 11) is 0. The molecule has 17 heavy (non-hydrogen) atoms. The number of likely N-dealkylation sites (tertiary alicyclic amines) is 1. The predicted octanol–water partition coefficient (Wildman–Crippen LogP) is -0.783. The van der Waals surface area contributed by atoms with Crippen molar-refractivity contribution in [3.63, 3.8) is 0 Å². The van der Waals surface area contributed by atoms with Gasteiger partial charge in [-0.25, -0.2) is 0 Å². The van der Waals surface area contributed by atoms with Crippen LogP contribution in [0.5, 0.6) is 0 Å². The Morgan fingerprint density at radius 1 is 1.41 bits per heavy atom. The van der Waals surface area contributed by atoms with Gasteiger partial charge in [0.2, 0.25) is 11.8 Å². The molecule has 0 aromatic rings. The van der Waals surface area contributed by atoms with Gasteiger partial charge >= 0.3 is 0 Å². The van der Waals surface area contributed by atoms with Crippen LogP contribution in [0.4, 0.5) is 0 Å². The van der Waals surface area contributed by atoms with E-state index < -0.39 is 11.9 Å². The lowest BCUT2D eigenvalue weighted by molar-refractivity contribution is -0.137. The van der Waals surface area contributed by atoms with Crippen LogP contribution in [0, 0.1) is 0 Å². The highest BCUT2D eigenvalue weighted by Gasteiger charge is 2.27. The number of hydrogen-bond donors (Lipinski definition) is 2. The predicted molar refractivity (Wildman–Crippen MR) is 63.0 cm³/mol. The van der Waals surface area contributed by atoms with Gasteiger partial charge in [-0.1, -0.05) is 0 Å². The molecule has 1 aliphatic rings. The second-order valence-corrected chi connectivity index (χ2v) is 4.26. The number of ether oxygens (including phenoxy) is 1. The number of carbonyl (C=O) groups excluding carboxylic acids is 2. The molecular formula is C11H21N3O3. The summed E-state index contributed by atoms with van der Waals surface area (Å²) in [5.41, 5.74) is 10.6. The Morgan fingerprint density at radius 2 is 2.00 bits per heavy atom. The molecule has 0 aliphatic carbocycles. The van der Waals surface area contributed by atoms with Gasteiger partial charge in [0.25, 0.3) is 0 Å². The summed E-state index contributed by atoms with van der Waals surface area (Å²) in [6.07, 6.45) is 1.78. The zero-order valence-electron chi connectivity index (χ0n) is 10.2. The van der Waals surface area contributed by atoms with Crippen molar-refractivity contribution in [2.24, 2.45) is 11.5 Å². The molecule has 1 saturated heterocycles. The third kappa shape index (κ3) is 4.32. The van der Waals surface area contributed by atoms with Gasteiger partial charge in [-0.05, 0) is 19.8 Å². The maximum atomic E-state index is 11.9. The SMILES string of the molecule is CCOC1CCN(C(=O)C(N)CC(N)=O)CC1. The van der Waals surface area contributed by atoms with Crippen molar-refractivity contribution in [1.82, 2.24) is 4.90 Å². The minimum Gasteiger partial charge on any atom is -0.378 e. The van der Waals surface area contributed by atoms with E-state index in [1.165, 1.54) is 0 Å². The minimum absolute atomic E-state index is 0.0930. The Kier molecular flexibility index (Phi) is 5.37. The Hall–Kier alpha value is -1.14. The van der Waals surface area contributed by atoms with Crippen LogP contribution in [0.15, 0.2) is 0 Å². The van der Waals surface area contributed by atoms with Gasteiger partial charge < -0.3 is 21.1 Å². The van der Waals surface area contributed by atoms with Crippen LogP contribution in [-0.4, -0.2) is 48.6 Å². The van der Waals surface area contributed by atoms with E-state index >= 15 is 0 Å². The van der Waals surface area contributed by atoms with Gasteiger partial charge in [-0.2, -0.15) is 0 Å². The van der Waals surface area contributed by atoms with Gasteiger partial charge in [-0.15, -0.1) is 0 Å². The topological polar surface area (TPSA) is 98.7 Å². The summed E-state index contributed by atoms with van der Waals surface area (Å²) in [6, 6.07) is -0.809. The molecule has 6 heteroatoms. The molecule has 1 rings (SSSR count). The maximum Gasteiger partial charge on any atom is 0.240 e. The third-order valence-corrected chi connectivity index (χ3v) is 2.89. The van der Waals surface area contributed by atoms with Crippen molar-refractivity contribution >= 4 is 11.8 Å². The smallest absolute Gasteiger partial charge is 0.240 e. The second-order valence-electron chi connectivity index (χ2n) is 4.26. The number of piperidine rings is 1. The van der Waals surface area contributed by atoms with E-state index in [1.54, 1.807) is 4.90 Å². The lowest BCUT2D eigenvalue weighted by atomic mass is 10.1. The first-order valence-corrected chi connectivity index (χ1v) is 5.98. The molecule has 0 bridgehead atoms. The van der Waals surface area contributed by atoms with Gasteiger partial charge in [0, 0.05) is 19.7 Å². The van der Waals surface area contributed by atoms with E-state index in [2.05, 4.69) is 0 Å². The number of nitrogens with zero attached hydrogens (tertiary/aromatic N) is 1. The summed E-state index contributed by atoms with van der Waals surface area (Å²) in [5.74, 6) is -0.742. The van der Waals surface area contributed by atoms with Crippen molar-refractivity contribution in [2.45, 2.75) is 38.3 Å². The number of carbonyl (C=O) groups is 2. The fourth-order valence-electron chi connectivity index (χ4n) is 2.02. The first kappa shape index (κ1) is 13.9. The first-order valence-electron chi connectivity index (χ1n) is 5.98. The van der Waals surface area contributed by atoms with E-state index in [0.717, 1.165) is 12.8 Å². The Morgan fingerprint density at radius 3 is 2.47 bits per heavy atom. The molecule has 0 saturated carbocycles. The van der Waals surface area contributed by atoms with Crippen molar-refractivity contribution < 1.29 is 14.3 Å². The molecule has 0 spiro atoms. The summed E-state index contributed by atoms with van der Waals surface area (Å²) in [4.78, 5) is 24.2. The van der Waals surface area contributed by atoms with Crippen LogP contribution in [0.1, 0.15) is 26.2 Å². The Bertz CT molecular complexity index is 275. The highest BCUT2D eigenvalue weighted by molar-refractivity contribution is 5.87. The van der Waals surface area contributed by atoms with E-state index in [9.17, 15) is 9.59 Å². The van der Waals surface area contributed by atoms with Crippen LogP contribution in [0.3, 0.4) is 0 Å². The highest BCUT2D eigenvalue weighted by Crippen LogP contribution is 2.14. The number of nitrogens with two attached hydrogens (primary N) is 2. The Balaban J connectivity index is 2.37. The fraction of sp³-hybridized carbons (Fsp3) is 0.818. The number of rotatable bonds is 5. The van der Waals surface area contributed by atoms with Gasteiger partial charge in [0.05, 0.1) is 18.6 Å². The quantitative estimate of drug-likeness (QED) is 0.661. The van der Waals surface area contributed by atoms with Crippen LogP contribution < -0.4 is 11.5 Å². The number of amides is 2. The molecule has 1 aliphatic heterocycles. The average molecular weight is 243 g/mol. The van der Waals surface area contributed by atoms with Gasteiger partial charge in [-0.3, -0.25) is 9.59 Å². The number of primary amides is 1. The summed E-state index contributed by atoms with van der Waals surface area (Å²) < 4.78 is 5.49. The zero-order chi connectivity index (χ0) is 12.8. The van der Waals surface area contributed by atoms with Gasteiger partial charge in [0.1, 0.15) is 0 Å². The van der Waals surface area contributed by atoms with Crippen molar-refractivity contribution in [1.29, 1.82) is 0 Å². The molecule has 1 atom stereocenters. The van der Waals surface area contributed by atoms with Crippen LogP contribution in [0.25, 0.3) is 0 Å². The zero-order valence-corrected chi connectivity index (χ0v) is 10.2. The van der Waals surface area contributed by atoms with E-state index in [-0.39, 0.29) is 18.4 Å². The maximum absolute atomic E-state index is 11.9. The lowest BCUT2D eigenvalue weighted by Crippen LogP contribution is -2.49. The molecule has 0 aromatic heterocycles. The molecule has 1 fully saturated rings.